The fraction of sp³-hybridized carbons (Fsp3) is 0.400. The van der Waals surface area contributed by atoms with E-state index in [1.54, 1.807) is 24.0 Å². The number of likely N-dealkylation sites (tertiary alicyclic amines) is 1. The van der Waals surface area contributed by atoms with E-state index in [2.05, 4.69) is 0 Å². The van der Waals surface area contributed by atoms with Gasteiger partial charge in [0.05, 0.1) is 10.5 Å². The maximum Gasteiger partial charge on any atom is 0.263 e. The molecular weight excluding hydrogens is 277 g/mol. The van der Waals surface area contributed by atoms with Gasteiger partial charge < -0.3 is 10.0 Å². The van der Waals surface area contributed by atoms with Gasteiger partial charge in [0.15, 0.2) is 0 Å². The molecule has 3 rings (SSSR count). The van der Waals surface area contributed by atoms with Crippen LogP contribution in [0.3, 0.4) is 0 Å². The summed E-state index contributed by atoms with van der Waals surface area (Å²) in [7, 11) is 0. The zero-order valence-corrected chi connectivity index (χ0v) is 12.0. The third-order valence-electron chi connectivity index (χ3n) is 3.85. The lowest BCUT2D eigenvalue weighted by Crippen LogP contribution is -2.44. The molecule has 20 heavy (non-hydrogen) atoms. The molecule has 1 saturated heterocycles. The normalized spacial score (nSPS) is 18.4. The first kappa shape index (κ1) is 13.5. The van der Waals surface area contributed by atoms with E-state index >= 15 is 0 Å². The molecule has 2 heterocycles. The molecule has 1 aliphatic rings. The van der Waals surface area contributed by atoms with Gasteiger partial charge in [0.1, 0.15) is 5.82 Å². The minimum atomic E-state index is -0.678. The van der Waals surface area contributed by atoms with Crippen LogP contribution in [0.1, 0.15) is 29.4 Å². The molecular formula is C15H16FNO2S. The largest absolute Gasteiger partial charge is 0.390 e. The quantitative estimate of drug-likeness (QED) is 0.878. The van der Waals surface area contributed by atoms with Crippen LogP contribution in [0.25, 0.3) is 10.1 Å². The highest BCUT2D eigenvalue weighted by molar-refractivity contribution is 7.20. The van der Waals surface area contributed by atoms with Crippen LogP contribution in [-0.2, 0) is 0 Å². The Labute approximate surface area is 120 Å². The van der Waals surface area contributed by atoms with Crippen molar-refractivity contribution in [2.24, 2.45) is 0 Å². The Kier molecular flexibility index (Phi) is 3.26. The highest BCUT2D eigenvalue weighted by Gasteiger charge is 2.30. The predicted octanol–water partition coefficient (Wildman–Crippen LogP) is 3.03. The second kappa shape index (κ2) is 4.82. The molecule has 1 aromatic carbocycles. The first-order valence-electron chi connectivity index (χ1n) is 6.66. The monoisotopic (exact) mass is 293 g/mol. The summed E-state index contributed by atoms with van der Waals surface area (Å²) < 4.78 is 14.4. The third kappa shape index (κ3) is 2.43. The molecule has 0 saturated carbocycles. The van der Waals surface area contributed by atoms with Gasteiger partial charge in [0, 0.05) is 23.2 Å². The average molecular weight is 293 g/mol. The van der Waals surface area contributed by atoms with Crippen molar-refractivity contribution in [3.05, 3.63) is 35.0 Å². The van der Waals surface area contributed by atoms with Crippen LogP contribution in [-0.4, -0.2) is 34.6 Å². The van der Waals surface area contributed by atoms with Gasteiger partial charge in [0.2, 0.25) is 0 Å². The number of hydrogen-bond acceptors (Lipinski definition) is 3. The molecule has 3 nitrogen and oxygen atoms in total. The Morgan fingerprint density at radius 1 is 1.40 bits per heavy atom. The molecule has 0 bridgehead atoms. The van der Waals surface area contributed by atoms with Gasteiger partial charge in [-0.1, -0.05) is 6.07 Å². The molecule has 0 aliphatic carbocycles. The number of benzene rings is 1. The molecule has 0 unspecified atom stereocenters. The van der Waals surface area contributed by atoms with E-state index in [0.717, 1.165) is 4.70 Å². The van der Waals surface area contributed by atoms with E-state index in [1.807, 2.05) is 6.07 Å². The van der Waals surface area contributed by atoms with Crippen molar-refractivity contribution in [3.63, 3.8) is 0 Å². The molecule has 1 aliphatic heterocycles. The molecule has 1 fully saturated rings. The van der Waals surface area contributed by atoms with Gasteiger partial charge >= 0.3 is 0 Å². The van der Waals surface area contributed by atoms with Crippen LogP contribution in [0.2, 0.25) is 0 Å². The highest BCUT2D eigenvalue weighted by Crippen LogP contribution is 2.30. The van der Waals surface area contributed by atoms with Gasteiger partial charge in [0.25, 0.3) is 5.91 Å². The van der Waals surface area contributed by atoms with Crippen molar-refractivity contribution in [2.75, 3.05) is 13.1 Å². The minimum absolute atomic E-state index is 0.0684. The summed E-state index contributed by atoms with van der Waals surface area (Å²) >= 11 is 1.32. The summed E-state index contributed by atoms with van der Waals surface area (Å²) in [5.74, 6) is -0.361. The summed E-state index contributed by atoms with van der Waals surface area (Å²) in [6.45, 7) is 2.88. The fourth-order valence-corrected chi connectivity index (χ4v) is 3.52. The first-order chi connectivity index (χ1) is 9.46. The molecule has 5 heteroatoms. The number of fused-ring (bicyclic) bond motifs is 1. The summed E-state index contributed by atoms with van der Waals surface area (Å²) in [6, 6.07) is 6.51. The van der Waals surface area contributed by atoms with Crippen LogP contribution in [0, 0.1) is 5.82 Å². The van der Waals surface area contributed by atoms with Crippen molar-refractivity contribution < 1.29 is 14.3 Å². The second-order valence-electron chi connectivity index (χ2n) is 5.55. The van der Waals surface area contributed by atoms with Crippen molar-refractivity contribution >= 4 is 27.3 Å². The lowest BCUT2D eigenvalue weighted by atomic mass is 9.94. The zero-order chi connectivity index (χ0) is 14.3. The number of aliphatic hydroxyl groups is 1. The minimum Gasteiger partial charge on any atom is -0.390 e. The number of rotatable bonds is 1. The maximum atomic E-state index is 13.7. The Morgan fingerprint density at radius 3 is 2.75 bits per heavy atom. The lowest BCUT2D eigenvalue weighted by molar-refractivity contribution is -0.00187. The lowest BCUT2D eigenvalue weighted by Gasteiger charge is -2.35. The summed E-state index contributed by atoms with van der Waals surface area (Å²) in [6.07, 6.45) is 1.16. The van der Waals surface area contributed by atoms with E-state index in [1.165, 1.54) is 17.4 Å². The number of amides is 1. The highest BCUT2D eigenvalue weighted by atomic mass is 32.1. The topological polar surface area (TPSA) is 40.5 Å². The Morgan fingerprint density at radius 2 is 2.10 bits per heavy atom. The average Bonchev–Trinajstić information content (AvgIpc) is 2.83. The number of nitrogens with zero attached hydrogens (tertiary/aromatic N) is 1. The molecule has 1 N–H and O–H groups in total. The van der Waals surface area contributed by atoms with E-state index in [0.29, 0.717) is 36.2 Å². The SMILES string of the molecule is CC1(O)CCN(C(=O)c2cc3c(F)cccc3s2)CC1. The smallest absolute Gasteiger partial charge is 0.263 e. The zero-order valence-electron chi connectivity index (χ0n) is 11.2. The number of thiophene rings is 1. The van der Waals surface area contributed by atoms with Crippen molar-refractivity contribution in [3.8, 4) is 0 Å². The van der Waals surface area contributed by atoms with Crippen LogP contribution in [0.4, 0.5) is 4.39 Å². The van der Waals surface area contributed by atoms with Crippen LogP contribution < -0.4 is 0 Å². The standard InChI is InChI=1S/C15H16FNO2S/c1-15(19)5-7-17(8-6-15)14(18)13-9-10-11(16)3-2-4-12(10)20-13/h2-4,9,19H,5-8H2,1H3. The number of halogens is 1. The number of hydrogen-bond donors (Lipinski definition) is 1. The summed E-state index contributed by atoms with van der Waals surface area (Å²) in [5, 5.41) is 10.4. The van der Waals surface area contributed by atoms with Crippen LogP contribution in [0.15, 0.2) is 24.3 Å². The van der Waals surface area contributed by atoms with Crippen LogP contribution in [0.5, 0.6) is 0 Å². The van der Waals surface area contributed by atoms with Gasteiger partial charge in [-0.3, -0.25) is 4.79 Å². The number of piperidine rings is 1. The Balaban J connectivity index is 1.84. The van der Waals surface area contributed by atoms with E-state index in [-0.39, 0.29) is 11.7 Å². The second-order valence-corrected chi connectivity index (χ2v) is 6.64. The van der Waals surface area contributed by atoms with Crippen molar-refractivity contribution in [1.82, 2.24) is 4.90 Å². The maximum absolute atomic E-state index is 13.7. The Bertz CT molecular complexity index is 655. The Hall–Kier alpha value is -1.46. The van der Waals surface area contributed by atoms with Gasteiger partial charge in [-0.2, -0.15) is 0 Å². The first-order valence-corrected chi connectivity index (χ1v) is 7.48. The fourth-order valence-electron chi connectivity index (χ4n) is 2.48. The number of carbonyl (C=O) groups is 1. The molecule has 2 aromatic rings. The van der Waals surface area contributed by atoms with E-state index in [4.69, 9.17) is 0 Å². The molecule has 1 aromatic heterocycles. The van der Waals surface area contributed by atoms with E-state index < -0.39 is 5.60 Å². The summed E-state index contributed by atoms with van der Waals surface area (Å²) in [5.41, 5.74) is -0.678. The predicted molar refractivity (Wildman–Crippen MR) is 77.5 cm³/mol. The van der Waals surface area contributed by atoms with Crippen molar-refractivity contribution in [1.29, 1.82) is 0 Å². The van der Waals surface area contributed by atoms with Gasteiger partial charge in [-0.15, -0.1) is 11.3 Å². The van der Waals surface area contributed by atoms with Crippen LogP contribution >= 0.6 is 11.3 Å². The number of carbonyl (C=O) groups excluding carboxylic acids is 1. The molecule has 0 radical (unpaired) electrons. The molecule has 106 valence electrons. The van der Waals surface area contributed by atoms with Gasteiger partial charge in [-0.25, -0.2) is 4.39 Å². The van der Waals surface area contributed by atoms with Gasteiger partial charge in [-0.05, 0) is 38.0 Å². The molecule has 1 amide bonds. The molecule has 0 spiro atoms. The third-order valence-corrected chi connectivity index (χ3v) is 4.94. The molecule has 0 atom stereocenters. The summed E-state index contributed by atoms with van der Waals surface area (Å²) in [4.78, 5) is 14.7. The van der Waals surface area contributed by atoms with E-state index in [9.17, 15) is 14.3 Å². The van der Waals surface area contributed by atoms with Crippen molar-refractivity contribution in [2.45, 2.75) is 25.4 Å².